The summed E-state index contributed by atoms with van der Waals surface area (Å²) in [4.78, 5) is 24.5. The number of amides is 2. The van der Waals surface area contributed by atoms with E-state index in [9.17, 15) is 9.59 Å². The van der Waals surface area contributed by atoms with E-state index >= 15 is 0 Å². The van der Waals surface area contributed by atoms with E-state index in [1.807, 2.05) is 0 Å². The van der Waals surface area contributed by atoms with Gasteiger partial charge in [-0.2, -0.15) is 0 Å². The second kappa shape index (κ2) is 10.1. The molecule has 2 bridgehead atoms. The summed E-state index contributed by atoms with van der Waals surface area (Å²) in [7, 11) is 0. The summed E-state index contributed by atoms with van der Waals surface area (Å²) in [5.41, 5.74) is -0.0522. The van der Waals surface area contributed by atoms with Gasteiger partial charge in [0.1, 0.15) is 0 Å². The molecule has 0 aromatic rings. The lowest BCUT2D eigenvalue weighted by atomic mass is 9.66. The summed E-state index contributed by atoms with van der Waals surface area (Å²) in [5.74, 6) is 0.570. The van der Waals surface area contributed by atoms with Crippen LogP contribution in [-0.4, -0.2) is 11.8 Å². The van der Waals surface area contributed by atoms with E-state index in [1.54, 1.807) is 0 Å². The van der Waals surface area contributed by atoms with Crippen molar-refractivity contribution in [3.05, 3.63) is 12.2 Å². The normalized spacial score (nSPS) is 31.4. The molecule has 1 saturated heterocycles. The molecule has 1 saturated carbocycles. The number of carbonyl (C=O) groups is 2. The van der Waals surface area contributed by atoms with Crippen LogP contribution in [-0.2, 0) is 9.59 Å². The average Bonchev–Trinajstić information content (AvgIpc) is 3.35. The third kappa shape index (κ3) is 4.54. The zero-order chi connectivity index (χ0) is 20.0. The molecular formula is C25H41NO2. The maximum atomic E-state index is 12.4. The van der Waals surface area contributed by atoms with Crippen molar-refractivity contribution in [1.29, 1.82) is 0 Å². The molecule has 0 radical (unpaired) electrons. The molecule has 0 aromatic carbocycles. The summed E-state index contributed by atoms with van der Waals surface area (Å²) >= 11 is 0. The number of carbonyl (C=O) groups excluding carboxylic acids is 2. The molecular weight excluding hydrogens is 346 g/mol. The van der Waals surface area contributed by atoms with Crippen LogP contribution in [0.4, 0.5) is 0 Å². The van der Waals surface area contributed by atoms with Gasteiger partial charge in [-0.1, -0.05) is 103 Å². The van der Waals surface area contributed by atoms with Crippen LogP contribution in [0.15, 0.2) is 12.2 Å². The van der Waals surface area contributed by atoms with E-state index in [-0.39, 0.29) is 29.1 Å². The van der Waals surface area contributed by atoms with Crippen LogP contribution >= 0.6 is 0 Å². The van der Waals surface area contributed by atoms with Crippen molar-refractivity contribution in [2.75, 3.05) is 0 Å². The Kier molecular flexibility index (Phi) is 7.77. The van der Waals surface area contributed by atoms with Gasteiger partial charge in [-0.15, -0.1) is 0 Å². The number of hydrogen-bond acceptors (Lipinski definition) is 2. The Balaban J connectivity index is 1.28. The third-order valence-corrected chi connectivity index (χ3v) is 7.88. The highest BCUT2D eigenvalue weighted by Gasteiger charge is 2.64. The topological polar surface area (TPSA) is 46.2 Å². The van der Waals surface area contributed by atoms with Crippen LogP contribution in [0.5, 0.6) is 0 Å². The van der Waals surface area contributed by atoms with Gasteiger partial charge >= 0.3 is 0 Å². The average molecular weight is 388 g/mol. The van der Waals surface area contributed by atoms with Gasteiger partial charge in [-0.3, -0.25) is 14.9 Å². The summed E-state index contributed by atoms with van der Waals surface area (Å²) in [6, 6.07) is 0. The summed E-state index contributed by atoms with van der Waals surface area (Å²) in [6.45, 7) is 4.59. The number of imide groups is 1. The molecule has 158 valence electrons. The van der Waals surface area contributed by atoms with E-state index < -0.39 is 0 Å². The van der Waals surface area contributed by atoms with Gasteiger partial charge in [0.25, 0.3) is 0 Å². The van der Waals surface area contributed by atoms with Gasteiger partial charge in [0, 0.05) is 5.41 Å². The first-order chi connectivity index (χ1) is 13.6. The van der Waals surface area contributed by atoms with Crippen LogP contribution in [0.1, 0.15) is 104 Å². The maximum absolute atomic E-state index is 12.4. The summed E-state index contributed by atoms with van der Waals surface area (Å²) < 4.78 is 0. The first-order valence-electron chi connectivity index (χ1n) is 12.1. The monoisotopic (exact) mass is 387 g/mol. The second-order valence-electron chi connectivity index (χ2n) is 9.78. The van der Waals surface area contributed by atoms with Crippen LogP contribution in [0.3, 0.4) is 0 Å². The molecule has 5 atom stereocenters. The molecule has 2 amide bonds. The van der Waals surface area contributed by atoms with Gasteiger partial charge in [-0.25, -0.2) is 0 Å². The molecule has 1 heterocycles. The highest BCUT2D eigenvalue weighted by atomic mass is 16.2. The van der Waals surface area contributed by atoms with E-state index in [2.05, 4.69) is 31.3 Å². The Morgan fingerprint density at radius 1 is 0.929 bits per heavy atom. The molecule has 3 heteroatoms. The Labute approximate surface area is 172 Å². The molecule has 5 unspecified atom stereocenters. The van der Waals surface area contributed by atoms with Crippen LogP contribution in [0, 0.1) is 29.1 Å². The van der Waals surface area contributed by atoms with Gasteiger partial charge in [-0.05, 0) is 24.7 Å². The van der Waals surface area contributed by atoms with E-state index in [4.69, 9.17) is 0 Å². The van der Waals surface area contributed by atoms with E-state index in [1.165, 1.54) is 83.5 Å². The molecule has 1 aliphatic heterocycles. The molecule has 2 aliphatic carbocycles. The van der Waals surface area contributed by atoms with Crippen molar-refractivity contribution < 1.29 is 9.59 Å². The van der Waals surface area contributed by atoms with Crippen molar-refractivity contribution in [2.45, 2.75) is 104 Å². The Morgan fingerprint density at radius 2 is 1.50 bits per heavy atom. The number of fused-ring (bicyclic) bond motifs is 5. The molecule has 2 fully saturated rings. The number of allylic oxidation sites excluding steroid dienone is 2. The predicted octanol–water partition coefficient (Wildman–Crippen LogP) is 6.18. The maximum Gasteiger partial charge on any atom is 0.231 e. The van der Waals surface area contributed by atoms with Crippen molar-refractivity contribution in [2.24, 2.45) is 29.1 Å². The standard InChI is InChI=1S/C25H41NO2/c1-3-4-5-6-7-8-9-10-11-12-13-14-15-19(2)25-17-16-20(18-25)21-22(25)24(28)26-23(21)27/h16-17,19-22H,3-15,18H2,1-2H3,(H,26,27,28). The minimum absolute atomic E-state index is 0.0107. The highest BCUT2D eigenvalue weighted by Crippen LogP contribution is 2.62. The number of rotatable bonds is 14. The quantitative estimate of drug-likeness (QED) is 0.220. The zero-order valence-electron chi connectivity index (χ0n) is 18.2. The number of nitrogens with one attached hydrogen (secondary N) is 1. The van der Waals surface area contributed by atoms with Crippen molar-refractivity contribution in [1.82, 2.24) is 5.32 Å². The lowest BCUT2D eigenvalue weighted by Crippen LogP contribution is -2.37. The van der Waals surface area contributed by atoms with E-state index in [0.29, 0.717) is 11.8 Å². The summed E-state index contributed by atoms with van der Waals surface area (Å²) in [5, 5.41) is 2.60. The summed E-state index contributed by atoms with van der Waals surface area (Å²) in [6.07, 6.45) is 23.2. The van der Waals surface area contributed by atoms with Gasteiger partial charge in [0.15, 0.2) is 0 Å². The highest BCUT2D eigenvalue weighted by molar-refractivity contribution is 6.06. The number of unbranched alkanes of at least 4 members (excludes halogenated alkanes) is 11. The van der Waals surface area contributed by atoms with Gasteiger partial charge in [0.05, 0.1) is 11.8 Å². The van der Waals surface area contributed by atoms with Crippen LogP contribution < -0.4 is 5.32 Å². The lowest BCUT2D eigenvalue weighted by molar-refractivity contribution is -0.127. The second-order valence-corrected chi connectivity index (χ2v) is 9.78. The fraction of sp³-hybridized carbons (Fsp3) is 0.840. The minimum atomic E-state index is -0.0951. The molecule has 3 aliphatic rings. The lowest BCUT2D eigenvalue weighted by Gasteiger charge is -2.36. The first kappa shape index (κ1) is 21.6. The first-order valence-corrected chi connectivity index (χ1v) is 12.1. The number of hydrogen-bond donors (Lipinski definition) is 1. The predicted molar refractivity (Wildman–Crippen MR) is 115 cm³/mol. The molecule has 3 rings (SSSR count). The van der Waals surface area contributed by atoms with Crippen LogP contribution in [0.2, 0.25) is 0 Å². The smallest absolute Gasteiger partial charge is 0.231 e. The van der Waals surface area contributed by atoms with Crippen molar-refractivity contribution in [3.63, 3.8) is 0 Å². The van der Waals surface area contributed by atoms with E-state index in [0.717, 1.165) is 6.42 Å². The molecule has 3 nitrogen and oxygen atoms in total. The Bertz CT molecular complexity index is 569. The van der Waals surface area contributed by atoms with Crippen molar-refractivity contribution in [3.8, 4) is 0 Å². The van der Waals surface area contributed by atoms with Gasteiger partial charge < -0.3 is 0 Å². The SMILES string of the molecule is CCCCCCCCCCCCCCC(C)C12C=CC(C1)C1C(=O)NC(=O)C12. The molecule has 0 spiro atoms. The molecule has 28 heavy (non-hydrogen) atoms. The minimum Gasteiger partial charge on any atom is -0.296 e. The van der Waals surface area contributed by atoms with Crippen molar-refractivity contribution >= 4 is 11.8 Å². The largest absolute Gasteiger partial charge is 0.296 e. The van der Waals surface area contributed by atoms with Crippen LogP contribution in [0.25, 0.3) is 0 Å². The fourth-order valence-electron chi connectivity index (χ4n) is 6.17. The molecule has 1 N–H and O–H groups in total. The van der Waals surface area contributed by atoms with Gasteiger partial charge in [0.2, 0.25) is 11.8 Å². The molecule has 0 aromatic heterocycles. The Morgan fingerprint density at radius 3 is 2.11 bits per heavy atom. The third-order valence-electron chi connectivity index (χ3n) is 7.88. The Hall–Kier alpha value is -1.12. The zero-order valence-corrected chi connectivity index (χ0v) is 18.2. The fourth-order valence-corrected chi connectivity index (χ4v) is 6.17.